The number of piperidine rings is 1. The monoisotopic (exact) mass is 344 g/mol. The van der Waals surface area contributed by atoms with Crippen molar-refractivity contribution in [3.05, 3.63) is 41.0 Å². The third-order valence-electron chi connectivity index (χ3n) is 4.48. The second-order valence-electron chi connectivity index (χ2n) is 6.59. The third kappa shape index (κ3) is 3.93. The van der Waals surface area contributed by atoms with Crippen LogP contribution in [0, 0.1) is 11.8 Å². The van der Waals surface area contributed by atoms with E-state index in [9.17, 15) is 4.79 Å². The molecule has 2 atom stereocenters. The van der Waals surface area contributed by atoms with Gasteiger partial charge < -0.3 is 10.2 Å². The molecule has 1 aliphatic heterocycles. The summed E-state index contributed by atoms with van der Waals surface area (Å²) in [5.74, 6) is 1.37. The largest absolute Gasteiger partial charge is 0.355 e. The van der Waals surface area contributed by atoms with Crippen LogP contribution < -0.4 is 10.2 Å². The molecule has 2 aromatic rings. The van der Waals surface area contributed by atoms with Gasteiger partial charge in [-0.3, -0.25) is 9.78 Å². The number of carbonyl (C=O) groups is 1. The molecular weight excluding hydrogens is 320 g/mol. The van der Waals surface area contributed by atoms with E-state index in [1.807, 2.05) is 6.07 Å². The summed E-state index contributed by atoms with van der Waals surface area (Å²) in [6.45, 7) is 5.94. The molecule has 2 aromatic heterocycles. The number of hydrogen-bond donors (Lipinski definition) is 1. The van der Waals surface area contributed by atoms with E-state index >= 15 is 0 Å². The van der Waals surface area contributed by atoms with Crippen LogP contribution in [0.25, 0.3) is 0 Å². The average molecular weight is 344 g/mol. The maximum Gasteiger partial charge on any atom is 0.225 e. The molecule has 0 unspecified atom stereocenters. The molecule has 0 aromatic carbocycles. The number of nitrogens with zero attached hydrogens (tertiary/aromatic N) is 3. The molecule has 5 nitrogen and oxygen atoms in total. The van der Waals surface area contributed by atoms with Crippen molar-refractivity contribution < 1.29 is 4.79 Å². The zero-order chi connectivity index (χ0) is 16.9. The van der Waals surface area contributed by atoms with Crippen LogP contribution in [0.5, 0.6) is 0 Å². The summed E-state index contributed by atoms with van der Waals surface area (Å²) < 4.78 is 0. The zero-order valence-corrected chi connectivity index (χ0v) is 15.0. The van der Waals surface area contributed by atoms with E-state index in [0.29, 0.717) is 12.5 Å². The Balaban J connectivity index is 1.66. The summed E-state index contributed by atoms with van der Waals surface area (Å²) in [4.78, 5) is 24.7. The second kappa shape index (κ2) is 7.75. The lowest BCUT2D eigenvalue weighted by Gasteiger charge is -2.33. The van der Waals surface area contributed by atoms with Crippen LogP contribution >= 0.6 is 11.3 Å². The van der Waals surface area contributed by atoms with Crippen LogP contribution in [-0.2, 0) is 4.79 Å². The minimum atomic E-state index is 0.00182. The number of thiophene rings is 1. The van der Waals surface area contributed by atoms with Crippen LogP contribution in [0.4, 0.5) is 5.82 Å². The molecule has 1 amide bonds. The van der Waals surface area contributed by atoms with E-state index in [1.165, 1.54) is 4.88 Å². The van der Waals surface area contributed by atoms with Crippen molar-refractivity contribution >= 4 is 23.1 Å². The Labute approximate surface area is 147 Å². The Kier molecular flexibility index (Phi) is 5.45. The van der Waals surface area contributed by atoms with Crippen molar-refractivity contribution in [2.45, 2.75) is 32.7 Å². The van der Waals surface area contributed by atoms with Gasteiger partial charge in [-0.05, 0) is 30.2 Å². The normalized spacial score (nSPS) is 19.3. The fourth-order valence-corrected chi connectivity index (χ4v) is 4.11. The van der Waals surface area contributed by atoms with E-state index in [2.05, 4.69) is 45.5 Å². The van der Waals surface area contributed by atoms with Crippen molar-refractivity contribution in [3.63, 3.8) is 0 Å². The topological polar surface area (TPSA) is 58.1 Å². The summed E-state index contributed by atoms with van der Waals surface area (Å²) >= 11 is 1.70. The van der Waals surface area contributed by atoms with Gasteiger partial charge in [0.05, 0.1) is 18.2 Å². The molecule has 1 aliphatic rings. The van der Waals surface area contributed by atoms with Crippen molar-refractivity contribution in [1.82, 2.24) is 15.3 Å². The van der Waals surface area contributed by atoms with Crippen LogP contribution in [0.15, 0.2) is 36.1 Å². The maximum atomic E-state index is 12.8. The smallest absolute Gasteiger partial charge is 0.225 e. The van der Waals surface area contributed by atoms with Gasteiger partial charge in [0.2, 0.25) is 5.91 Å². The Morgan fingerprint density at radius 3 is 2.96 bits per heavy atom. The van der Waals surface area contributed by atoms with Crippen molar-refractivity contribution in [3.8, 4) is 0 Å². The zero-order valence-electron chi connectivity index (χ0n) is 14.2. The molecule has 24 heavy (non-hydrogen) atoms. The Bertz CT molecular complexity index is 644. The Morgan fingerprint density at radius 2 is 2.29 bits per heavy atom. The first-order chi connectivity index (χ1) is 11.6. The second-order valence-corrected chi connectivity index (χ2v) is 7.57. The van der Waals surface area contributed by atoms with Gasteiger partial charge >= 0.3 is 0 Å². The predicted octanol–water partition coefficient (Wildman–Crippen LogP) is 3.27. The first-order valence-corrected chi connectivity index (χ1v) is 9.38. The van der Waals surface area contributed by atoms with E-state index in [-0.39, 0.29) is 17.9 Å². The van der Waals surface area contributed by atoms with Crippen LogP contribution in [0.1, 0.15) is 37.6 Å². The van der Waals surface area contributed by atoms with Gasteiger partial charge in [0.1, 0.15) is 5.82 Å². The van der Waals surface area contributed by atoms with Gasteiger partial charge in [0, 0.05) is 30.4 Å². The molecule has 6 heteroatoms. The lowest BCUT2D eigenvalue weighted by molar-refractivity contribution is -0.126. The molecule has 3 heterocycles. The molecule has 0 bridgehead atoms. The number of anilines is 1. The third-order valence-corrected chi connectivity index (χ3v) is 5.44. The molecule has 1 fully saturated rings. The van der Waals surface area contributed by atoms with Crippen molar-refractivity contribution in [1.29, 1.82) is 0 Å². The molecule has 128 valence electrons. The summed E-state index contributed by atoms with van der Waals surface area (Å²) in [7, 11) is 0. The maximum absolute atomic E-state index is 12.8. The van der Waals surface area contributed by atoms with E-state index in [1.54, 1.807) is 29.9 Å². The Hall–Kier alpha value is -1.95. The highest BCUT2D eigenvalue weighted by atomic mass is 32.1. The Morgan fingerprint density at radius 1 is 1.42 bits per heavy atom. The standard InChI is InChI=1S/C18H24N4OS/c1-13(2)17(15-6-4-10-24-15)21-18(23)14-5-3-9-22(12-14)16-11-19-7-8-20-16/h4,6-8,10-11,13-14,17H,3,5,9,12H2,1-2H3,(H,21,23)/t14-,17+/m0/s1. The molecule has 0 aliphatic carbocycles. The quantitative estimate of drug-likeness (QED) is 0.904. The van der Waals surface area contributed by atoms with Gasteiger partial charge in [-0.1, -0.05) is 19.9 Å². The van der Waals surface area contributed by atoms with Gasteiger partial charge in [0.15, 0.2) is 0 Å². The van der Waals surface area contributed by atoms with Gasteiger partial charge in [0.25, 0.3) is 0 Å². The number of amides is 1. The average Bonchev–Trinajstić information content (AvgIpc) is 3.14. The highest BCUT2D eigenvalue weighted by Gasteiger charge is 2.29. The van der Waals surface area contributed by atoms with Crippen molar-refractivity contribution in [2.24, 2.45) is 11.8 Å². The van der Waals surface area contributed by atoms with Crippen LogP contribution in [0.2, 0.25) is 0 Å². The summed E-state index contributed by atoms with van der Waals surface area (Å²) in [5.41, 5.74) is 0. The van der Waals surface area contributed by atoms with Crippen LogP contribution in [0.3, 0.4) is 0 Å². The van der Waals surface area contributed by atoms with E-state index in [4.69, 9.17) is 0 Å². The number of hydrogen-bond acceptors (Lipinski definition) is 5. The molecular formula is C18H24N4OS. The fraction of sp³-hybridized carbons (Fsp3) is 0.500. The predicted molar refractivity (Wildman–Crippen MR) is 97.0 cm³/mol. The van der Waals surface area contributed by atoms with Gasteiger partial charge in [-0.25, -0.2) is 4.98 Å². The van der Waals surface area contributed by atoms with Crippen molar-refractivity contribution in [2.75, 3.05) is 18.0 Å². The first kappa shape index (κ1) is 16.9. The summed E-state index contributed by atoms with van der Waals surface area (Å²) in [6, 6.07) is 4.23. The highest BCUT2D eigenvalue weighted by molar-refractivity contribution is 7.10. The fourth-order valence-electron chi connectivity index (χ4n) is 3.16. The van der Waals surface area contributed by atoms with Gasteiger partial charge in [-0.15, -0.1) is 11.3 Å². The minimum absolute atomic E-state index is 0.00182. The molecule has 0 saturated carbocycles. The first-order valence-electron chi connectivity index (χ1n) is 8.50. The summed E-state index contributed by atoms with van der Waals surface area (Å²) in [5, 5.41) is 5.33. The number of carbonyl (C=O) groups excluding carboxylic acids is 1. The number of nitrogens with one attached hydrogen (secondary N) is 1. The molecule has 0 spiro atoms. The van der Waals surface area contributed by atoms with E-state index < -0.39 is 0 Å². The summed E-state index contributed by atoms with van der Waals surface area (Å²) in [6.07, 6.45) is 7.07. The number of rotatable bonds is 5. The molecule has 1 saturated heterocycles. The SMILES string of the molecule is CC(C)[C@@H](NC(=O)[C@H]1CCCN(c2cnccn2)C1)c1cccs1. The molecule has 3 rings (SSSR count). The lowest BCUT2D eigenvalue weighted by atomic mass is 9.95. The van der Waals surface area contributed by atoms with E-state index in [0.717, 1.165) is 25.2 Å². The van der Waals surface area contributed by atoms with Crippen LogP contribution in [-0.4, -0.2) is 29.0 Å². The lowest BCUT2D eigenvalue weighted by Crippen LogP contribution is -2.45. The molecule has 1 N–H and O–H groups in total. The highest BCUT2D eigenvalue weighted by Crippen LogP contribution is 2.27. The minimum Gasteiger partial charge on any atom is -0.355 e. The molecule has 0 radical (unpaired) electrons. The van der Waals surface area contributed by atoms with Gasteiger partial charge in [-0.2, -0.15) is 0 Å². The number of aromatic nitrogens is 2.